The summed E-state index contributed by atoms with van der Waals surface area (Å²) in [6, 6.07) is 16.0. The van der Waals surface area contributed by atoms with Crippen LogP contribution < -0.4 is 19.7 Å². The van der Waals surface area contributed by atoms with Crippen molar-refractivity contribution in [3.05, 3.63) is 78.1 Å². The Bertz CT molecular complexity index is 1480. The number of aryl methyl sites for hydroxylation is 2. The van der Waals surface area contributed by atoms with Crippen LogP contribution in [0.2, 0.25) is 0 Å². The summed E-state index contributed by atoms with van der Waals surface area (Å²) in [7, 11) is 1.59. The van der Waals surface area contributed by atoms with Gasteiger partial charge in [0.15, 0.2) is 0 Å². The number of ether oxygens (including phenoxy) is 2. The molecule has 38 heavy (non-hydrogen) atoms. The molecule has 2 aromatic heterocycles. The predicted molar refractivity (Wildman–Crippen MR) is 142 cm³/mol. The molecule has 1 unspecified atom stereocenters. The first-order valence-corrected chi connectivity index (χ1v) is 12.2. The summed E-state index contributed by atoms with van der Waals surface area (Å²) in [5.74, 6) is 2.18. The molecule has 5 rings (SSSR count). The van der Waals surface area contributed by atoms with Gasteiger partial charge in [-0.15, -0.1) is 0 Å². The minimum Gasteiger partial charge on any atom is -0.497 e. The number of imidazole rings is 1. The van der Waals surface area contributed by atoms with Crippen molar-refractivity contribution in [3.8, 4) is 23.2 Å². The standard InChI is InChI=1S/C28H28N6O4/c1-17-18(2)34(16-29-17)25-14-26(31-19(3)30-25)38-24-9-5-21(6-10-24)32-28(36)20-13-27(35)33(15-20)22-7-11-23(37-4)12-8-22/h5-12,14,16,20H,13,15H2,1-4H3,(H,32,36). The fourth-order valence-electron chi connectivity index (χ4n) is 4.30. The second-order valence-electron chi connectivity index (χ2n) is 9.12. The first-order chi connectivity index (χ1) is 18.3. The molecule has 4 aromatic rings. The Kier molecular flexibility index (Phi) is 6.78. The molecule has 3 heterocycles. The van der Waals surface area contributed by atoms with E-state index in [2.05, 4.69) is 20.3 Å². The summed E-state index contributed by atoms with van der Waals surface area (Å²) in [6.07, 6.45) is 1.88. The number of anilines is 2. The van der Waals surface area contributed by atoms with Gasteiger partial charge in [0.2, 0.25) is 17.7 Å². The maximum absolute atomic E-state index is 12.9. The summed E-state index contributed by atoms with van der Waals surface area (Å²) in [5.41, 5.74) is 3.28. The van der Waals surface area contributed by atoms with Crippen LogP contribution >= 0.6 is 0 Å². The highest BCUT2D eigenvalue weighted by Gasteiger charge is 2.35. The minimum absolute atomic E-state index is 0.0837. The van der Waals surface area contributed by atoms with E-state index in [1.165, 1.54) is 0 Å². The Hall–Kier alpha value is -4.73. The second-order valence-corrected chi connectivity index (χ2v) is 9.12. The zero-order valence-electron chi connectivity index (χ0n) is 21.6. The van der Waals surface area contributed by atoms with E-state index in [9.17, 15) is 9.59 Å². The maximum Gasteiger partial charge on any atom is 0.229 e. The van der Waals surface area contributed by atoms with Crippen LogP contribution in [-0.4, -0.2) is 45.0 Å². The van der Waals surface area contributed by atoms with Gasteiger partial charge in [0.05, 0.1) is 18.7 Å². The van der Waals surface area contributed by atoms with Crippen LogP contribution in [-0.2, 0) is 9.59 Å². The summed E-state index contributed by atoms with van der Waals surface area (Å²) in [4.78, 5) is 40.3. The number of aromatic nitrogens is 4. The highest BCUT2D eigenvalue weighted by Crippen LogP contribution is 2.28. The monoisotopic (exact) mass is 512 g/mol. The molecule has 10 nitrogen and oxygen atoms in total. The molecule has 0 aliphatic carbocycles. The highest BCUT2D eigenvalue weighted by atomic mass is 16.5. The number of benzene rings is 2. The molecule has 1 atom stereocenters. The van der Waals surface area contributed by atoms with Gasteiger partial charge in [-0.05, 0) is 69.3 Å². The van der Waals surface area contributed by atoms with Gasteiger partial charge >= 0.3 is 0 Å². The maximum atomic E-state index is 12.9. The molecule has 1 aliphatic heterocycles. The van der Waals surface area contributed by atoms with Crippen molar-refractivity contribution in [3.63, 3.8) is 0 Å². The zero-order chi connectivity index (χ0) is 26.8. The summed E-state index contributed by atoms with van der Waals surface area (Å²) < 4.78 is 13.0. The van der Waals surface area contributed by atoms with Crippen molar-refractivity contribution < 1.29 is 19.1 Å². The molecule has 2 amide bonds. The van der Waals surface area contributed by atoms with Crippen molar-refractivity contribution in [1.29, 1.82) is 0 Å². The van der Waals surface area contributed by atoms with E-state index in [1.807, 2.05) is 30.5 Å². The third-order valence-electron chi connectivity index (χ3n) is 6.52. The molecule has 1 fully saturated rings. The molecule has 1 N–H and O–H groups in total. The lowest BCUT2D eigenvalue weighted by atomic mass is 10.1. The minimum atomic E-state index is -0.446. The second kappa shape index (κ2) is 10.3. The lowest BCUT2D eigenvalue weighted by Gasteiger charge is -2.17. The van der Waals surface area contributed by atoms with E-state index in [-0.39, 0.29) is 18.2 Å². The number of rotatable bonds is 7. The number of carbonyl (C=O) groups is 2. The van der Waals surface area contributed by atoms with Crippen LogP contribution in [0.15, 0.2) is 60.9 Å². The van der Waals surface area contributed by atoms with E-state index in [4.69, 9.17) is 9.47 Å². The fourth-order valence-corrected chi connectivity index (χ4v) is 4.30. The van der Waals surface area contributed by atoms with Gasteiger partial charge in [-0.3, -0.25) is 14.2 Å². The molecular formula is C28H28N6O4. The van der Waals surface area contributed by atoms with Crippen molar-refractivity contribution in [2.45, 2.75) is 27.2 Å². The van der Waals surface area contributed by atoms with Crippen molar-refractivity contribution in [1.82, 2.24) is 19.5 Å². The predicted octanol–water partition coefficient (Wildman–Crippen LogP) is 4.38. The first-order valence-electron chi connectivity index (χ1n) is 12.2. The molecule has 0 bridgehead atoms. The van der Waals surface area contributed by atoms with Crippen molar-refractivity contribution in [2.24, 2.45) is 5.92 Å². The number of nitrogens with one attached hydrogen (secondary N) is 1. The molecule has 1 saturated heterocycles. The van der Waals surface area contributed by atoms with Gasteiger partial charge in [0.1, 0.15) is 29.5 Å². The number of hydrogen-bond acceptors (Lipinski definition) is 7. The third kappa shape index (κ3) is 5.19. The van der Waals surface area contributed by atoms with Crippen molar-refractivity contribution >= 4 is 23.2 Å². The molecule has 2 aromatic carbocycles. The molecule has 0 saturated carbocycles. The Balaban J connectivity index is 1.22. The number of methoxy groups -OCH3 is 1. The topological polar surface area (TPSA) is 111 Å². The van der Waals surface area contributed by atoms with E-state index in [0.29, 0.717) is 41.3 Å². The summed E-state index contributed by atoms with van der Waals surface area (Å²) in [6.45, 7) is 6.05. The number of nitrogens with zero attached hydrogens (tertiary/aromatic N) is 5. The smallest absolute Gasteiger partial charge is 0.229 e. The first kappa shape index (κ1) is 24.9. The number of amides is 2. The van der Waals surface area contributed by atoms with E-state index >= 15 is 0 Å². The van der Waals surface area contributed by atoms with E-state index < -0.39 is 5.92 Å². The van der Waals surface area contributed by atoms with E-state index in [1.54, 1.807) is 67.7 Å². The van der Waals surface area contributed by atoms with Gasteiger partial charge < -0.3 is 19.7 Å². The van der Waals surface area contributed by atoms with Crippen LogP contribution in [0.5, 0.6) is 17.4 Å². The van der Waals surface area contributed by atoms with Gasteiger partial charge in [0, 0.05) is 36.1 Å². The van der Waals surface area contributed by atoms with Crippen LogP contribution in [0.3, 0.4) is 0 Å². The molecular weight excluding hydrogens is 484 g/mol. The quantitative estimate of drug-likeness (QED) is 0.391. The Morgan fingerprint density at radius 3 is 2.37 bits per heavy atom. The van der Waals surface area contributed by atoms with Gasteiger partial charge in [-0.25, -0.2) is 9.97 Å². The molecule has 0 radical (unpaired) electrons. The molecule has 0 spiro atoms. The zero-order valence-corrected chi connectivity index (χ0v) is 21.6. The normalized spacial score (nSPS) is 15.0. The Morgan fingerprint density at radius 2 is 1.71 bits per heavy atom. The lowest BCUT2D eigenvalue weighted by Crippen LogP contribution is -2.28. The van der Waals surface area contributed by atoms with Gasteiger partial charge in [0.25, 0.3) is 0 Å². The van der Waals surface area contributed by atoms with E-state index in [0.717, 1.165) is 17.1 Å². The molecule has 1 aliphatic rings. The van der Waals surface area contributed by atoms with Gasteiger partial charge in [-0.1, -0.05) is 0 Å². The number of hydrogen-bond donors (Lipinski definition) is 1. The summed E-state index contributed by atoms with van der Waals surface area (Å²) in [5, 5.41) is 2.90. The lowest BCUT2D eigenvalue weighted by molar-refractivity contribution is -0.122. The SMILES string of the molecule is COc1ccc(N2CC(C(=O)Nc3ccc(Oc4cc(-n5cnc(C)c5C)nc(C)n4)cc3)CC2=O)cc1. The van der Waals surface area contributed by atoms with Gasteiger partial charge in [-0.2, -0.15) is 4.98 Å². The fraction of sp³-hybridized carbons (Fsp3) is 0.250. The van der Waals surface area contributed by atoms with Crippen LogP contribution in [0.25, 0.3) is 5.82 Å². The molecule has 194 valence electrons. The van der Waals surface area contributed by atoms with Crippen LogP contribution in [0.1, 0.15) is 23.6 Å². The highest BCUT2D eigenvalue weighted by molar-refractivity contribution is 6.03. The number of carbonyl (C=O) groups excluding carboxylic acids is 2. The summed E-state index contributed by atoms with van der Waals surface area (Å²) >= 11 is 0. The third-order valence-corrected chi connectivity index (χ3v) is 6.52. The average Bonchev–Trinajstić information content (AvgIpc) is 3.46. The van der Waals surface area contributed by atoms with Crippen molar-refractivity contribution in [2.75, 3.05) is 23.9 Å². The molecule has 10 heteroatoms. The van der Waals surface area contributed by atoms with Crippen LogP contribution in [0, 0.1) is 26.7 Å². The average molecular weight is 513 g/mol. The largest absolute Gasteiger partial charge is 0.497 e. The Labute approximate surface area is 220 Å². The Morgan fingerprint density at radius 1 is 1.00 bits per heavy atom. The van der Waals surface area contributed by atoms with Crippen LogP contribution in [0.4, 0.5) is 11.4 Å².